The molecule has 0 radical (unpaired) electrons. The van der Waals surface area contributed by atoms with E-state index in [4.69, 9.17) is 0 Å². The van der Waals surface area contributed by atoms with Crippen LogP contribution in [0.4, 0.5) is 0 Å². The van der Waals surface area contributed by atoms with Gasteiger partial charge in [-0.2, -0.15) is 0 Å². The summed E-state index contributed by atoms with van der Waals surface area (Å²) in [6, 6.07) is 0. The van der Waals surface area contributed by atoms with Crippen LogP contribution in [-0.4, -0.2) is 6.21 Å². The van der Waals surface area contributed by atoms with Gasteiger partial charge in [0.25, 0.3) is 0 Å². The molecule has 12 heavy (non-hydrogen) atoms. The van der Waals surface area contributed by atoms with E-state index < -0.39 is 0 Å². The molecular weight excluding hydrogens is 148 g/mol. The maximum absolute atomic E-state index is 4.22. The molecule has 0 aromatic rings. The first-order chi connectivity index (χ1) is 5.77. The highest BCUT2D eigenvalue weighted by Crippen LogP contribution is 2.15. The Balaban J connectivity index is 2.93. The average molecular weight is 162 g/mol. The SMILES string of the molecule is C=C1C=CC(CC)=C(N=CC)N1. The fourth-order valence-electron chi connectivity index (χ4n) is 1.08. The van der Waals surface area contributed by atoms with Crippen LogP contribution in [0.2, 0.25) is 0 Å². The van der Waals surface area contributed by atoms with E-state index in [0.717, 1.165) is 17.9 Å². The second-order valence-electron chi connectivity index (χ2n) is 2.60. The molecule has 1 rings (SSSR count). The molecule has 0 unspecified atom stereocenters. The van der Waals surface area contributed by atoms with Crippen molar-refractivity contribution in [2.24, 2.45) is 4.99 Å². The normalized spacial score (nSPS) is 17.3. The molecule has 1 N–H and O–H groups in total. The molecule has 2 nitrogen and oxygen atoms in total. The number of allylic oxidation sites excluding steroid dienone is 3. The number of hydrogen-bond donors (Lipinski definition) is 1. The lowest BCUT2D eigenvalue weighted by atomic mass is 10.1. The van der Waals surface area contributed by atoms with E-state index in [1.54, 1.807) is 6.21 Å². The highest BCUT2D eigenvalue weighted by Gasteiger charge is 2.05. The lowest BCUT2D eigenvalue weighted by Gasteiger charge is -2.14. The Kier molecular flexibility index (Phi) is 2.86. The first kappa shape index (κ1) is 8.78. The topological polar surface area (TPSA) is 24.4 Å². The number of dihydropyridines is 1. The molecule has 0 amide bonds. The van der Waals surface area contributed by atoms with Gasteiger partial charge in [-0.05, 0) is 25.0 Å². The maximum atomic E-state index is 4.22. The molecular formula is C10H14N2. The Morgan fingerprint density at radius 2 is 2.33 bits per heavy atom. The lowest BCUT2D eigenvalue weighted by Crippen LogP contribution is -2.14. The van der Waals surface area contributed by atoms with Gasteiger partial charge in [0, 0.05) is 11.9 Å². The summed E-state index contributed by atoms with van der Waals surface area (Å²) in [6.45, 7) is 7.83. The molecule has 0 aromatic carbocycles. The molecule has 1 aliphatic rings. The Bertz CT molecular complexity index is 270. The van der Waals surface area contributed by atoms with E-state index in [-0.39, 0.29) is 0 Å². The van der Waals surface area contributed by atoms with Crippen molar-refractivity contribution in [1.82, 2.24) is 5.32 Å². The quantitative estimate of drug-likeness (QED) is 0.619. The number of nitrogens with zero attached hydrogens (tertiary/aromatic N) is 1. The number of nitrogens with one attached hydrogen (secondary N) is 1. The van der Waals surface area contributed by atoms with Crippen LogP contribution in [0.25, 0.3) is 0 Å². The Morgan fingerprint density at radius 1 is 1.58 bits per heavy atom. The maximum Gasteiger partial charge on any atom is 0.133 e. The molecule has 2 heteroatoms. The van der Waals surface area contributed by atoms with Crippen molar-refractivity contribution in [1.29, 1.82) is 0 Å². The van der Waals surface area contributed by atoms with Crippen LogP contribution < -0.4 is 5.32 Å². The molecule has 0 fully saturated rings. The standard InChI is InChI=1S/C10H14N2/c1-4-9-7-6-8(3)12-10(9)11-5-2/h5-7,12H,3-4H2,1-2H3. The van der Waals surface area contributed by atoms with Gasteiger partial charge in [-0.25, -0.2) is 4.99 Å². The van der Waals surface area contributed by atoms with E-state index >= 15 is 0 Å². The molecule has 0 atom stereocenters. The van der Waals surface area contributed by atoms with Crippen molar-refractivity contribution in [2.75, 3.05) is 0 Å². The molecule has 1 heterocycles. The van der Waals surface area contributed by atoms with Gasteiger partial charge < -0.3 is 5.32 Å². The smallest absolute Gasteiger partial charge is 0.133 e. The van der Waals surface area contributed by atoms with Crippen LogP contribution in [0, 0.1) is 0 Å². The molecule has 0 saturated carbocycles. The van der Waals surface area contributed by atoms with Gasteiger partial charge in [-0.1, -0.05) is 19.6 Å². The van der Waals surface area contributed by atoms with Gasteiger partial charge in [0.2, 0.25) is 0 Å². The van der Waals surface area contributed by atoms with E-state index in [0.29, 0.717) is 0 Å². The zero-order valence-electron chi connectivity index (χ0n) is 7.59. The minimum Gasteiger partial charge on any atom is -0.341 e. The second kappa shape index (κ2) is 3.90. The van der Waals surface area contributed by atoms with Crippen LogP contribution in [0.1, 0.15) is 20.3 Å². The number of aliphatic imine (C=N–C) groups is 1. The highest BCUT2D eigenvalue weighted by molar-refractivity contribution is 5.56. The monoisotopic (exact) mass is 162 g/mol. The van der Waals surface area contributed by atoms with E-state index in [1.807, 2.05) is 13.0 Å². The summed E-state index contributed by atoms with van der Waals surface area (Å²) in [4.78, 5) is 4.22. The number of hydrogen-bond acceptors (Lipinski definition) is 2. The van der Waals surface area contributed by atoms with Gasteiger partial charge in [0.15, 0.2) is 0 Å². The summed E-state index contributed by atoms with van der Waals surface area (Å²) in [6.07, 6.45) is 6.79. The van der Waals surface area contributed by atoms with Gasteiger partial charge in [0.05, 0.1) is 0 Å². The van der Waals surface area contributed by atoms with Crippen molar-refractivity contribution in [3.8, 4) is 0 Å². The third-order valence-electron chi connectivity index (χ3n) is 1.71. The van der Waals surface area contributed by atoms with Crippen molar-refractivity contribution in [3.05, 3.63) is 35.8 Å². The molecule has 0 saturated heterocycles. The fraction of sp³-hybridized carbons (Fsp3) is 0.300. The summed E-state index contributed by atoms with van der Waals surface area (Å²) < 4.78 is 0. The molecule has 0 bridgehead atoms. The Morgan fingerprint density at radius 3 is 2.92 bits per heavy atom. The summed E-state index contributed by atoms with van der Waals surface area (Å²) in [5.74, 6) is 0.924. The fourth-order valence-corrected chi connectivity index (χ4v) is 1.08. The molecule has 1 aliphatic heterocycles. The van der Waals surface area contributed by atoms with Crippen LogP contribution in [0.3, 0.4) is 0 Å². The average Bonchev–Trinajstić information content (AvgIpc) is 2.05. The Hall–Kier alpha value is -1.31. The lowest BCUT2D eigenvalue weighted by molar-refractivity contribution is 0.916. The van der Waals surface area contributed by atoms with Gasteiger partial charge in [-0.3, -0.25) is 0 Å². The van der Waals surface area contributed by atoms with Crippen molar-refractivity contribution in [3.63, 3.8) is 0 Å². The van der Waals surface area contributed by atoms with Gasteiger partial charge in [0.1, 0.15) is 5.82 Å². The first-order valence-electron chi connectivity index (χ1n) is 4.13. The molecule has 0 spiro atoms. The molecule has 0 aromatic heterocycles. The van der Waals surface area contributed by atoms with Crippen molar-refractivity contribution in [2.45, 2.75) is 20.3 Å². The second-order valence-corrected chi connectivity index (χ2v) is 2.60. The predicted octanol–water partition coefficient (Wildman–Crippen LogP) is 2.37. The van der Waals surface area contributed by atoms with E-state index in [9.17, 15) is 0 Å². The Labute approximate surface area is 73.4 Å². The summed E-state index contributed by atoms with van der Waals surface area (Å²) in [5, 5.41) is 3.12. The zero-order valence-corrected chi connectivity index (χ0v) is 7.59. The van der Waals surface area contributed by atoms with Gasteiger partial charge >= 0.3 is 0 Å². The van der Waals surface area contributed by atoms with Crippen molar-refractivity contribution < 1.29 is 0 Å². The van der Waals surface area contributed by atoms with E-state index in [1.165, 1.54) is 5.57 Å². The van der Waals surface area contributed by atoms with Crippen LogP contribution in [0.5, 0.6) is 0 Å². The highest BCUT2D eigenvalue weighted by atomic mass is 15.0. The predicted molar refractivity (Wildman–Crippen MR) is 52.9 cm³/mol. The first-order valence-corrected chi connectivity index (χ1v) is 4.13. The number of rotatable bonds is 2. The third-order valence-corrected chi connectivity index (χ3v) is 1.71. The largest absolute Gasteiger partial charge is 0.341 e. The van der Waals surface area contributed by atoms with Crippen LogP contribution >= 0.6 is 0 Å². The summed E-state index contributed by atoms with van der Waals surface area (Å²) >= 11 is 0. The van der Waals surface area contributed by atoms with Crippen molar-refractivity contribution >= 4 is 6.21 Å². The molecule has 64 valence electrons. The van der Waals surface area contributed by atoms with Crippen LogP contribution in [0.15, 0.2) is 40.8 Å². The third kappa shape index (κ3) is 1.84. The van der Waals surface area contributed by atoms with E-state index in [2.05, 4.69) is 29.9 Å². The van der Waals surface area contributed by atoms with Gasteiger partial charge in [-0.15, -0.1) is 0 Å². The zero-order chi connectivity index (χ0) is 8.97. The summed E-state index contributed by atoms with van der Waals surface area (Å²) in [7, 11) is 0. The van der Waals surface area contributed by atoms with Crippen LogP contribution in [-0.2, 0) is 0 Å². The summed E-state index contributed by atoms with van der Waals surface area (Å²) in [5.41, 5.74) is 2.12. The minimum absolute atomic E-state index is 0.896. The minimum atomic E-state index is 0.896. The molecule has 0 aliphatic carbocycles.